The van der Waals surface area contributed by atoms with Crippen LogP contribution in [-0.2, 0) is 0 Å². The normalized spacial score (nSPS) is 34.6. The summed E-state index contributed by atoms with van der Waals surface area (Å²) in [7, 11) is 1.87. The third-order valence-corrected chi connectivity index (χ3v) is 4.13. The van der Waals surface area contributed by atoms with Crippen LogP contribution in [-0.4, -0.2) is 72.1 Å². The number of nitrogens with zero attached hydrogens (tertiary/aromatic N) is 3. The van der Waals surface area contributed by atoms with E-state index in [1.807, 2.05) is 11.9 Å². The van der Waals surface area contributed by atoms with Crippen LogP contribution in [0.2, 0.25) is 0 Å². The lowest BCUT2D eigenvalue weighted by molar-refractivity contribution is -0.117. The minimum atomic E-state index is -2.68. The first kappa shape index (κ1) is 12.1. The van der Waals surface area contributed by atoms with Gasteiger partial charge in [-0.2, -0.15) is 0 Å². The molecule has 2 atom stereocenters. The van der Waals surface area contributed by atoms with Crippen LogP contribution in [0.5, 0.6) is 0 Å². The van der Waals surface area contributed by atoms with Crippen molar-refractivity contribution in [3.05, 3.63) is 0 Å². The molecule has 18 heavy (non-hydrogen) atoms. The van der Waals surface area contributed by atoms with E-state index in [4.69, 9.17) is 0 Å². The van der Waals surface area contributed by atoms with Gasteiger partial charge in [0, 0.05) is 25.2 Å². The molecule has 3 heterocycles. The van der Waals surface area contributed by atoms with Gasteiger partial charge >= 0.3 is 6.03 Å². The van der Waals surface area contributed by atoms with Crippen LogP contribution >= 0.6 is 0 Å². The number of piperazine rings is 1. The van der Waals surface area contributed by atoms with Crippen molar-refractivity contribution in [2.75, 3.05) is 33.2 Å². The van der Waals surface area contributed by atoms with E-state index >= 15 is 0 Å². The second kappa shape index (κ2) is 4.03. The minimum absolute atomic E-state index is 0.165. The fourth-order valence-corrected chi connectivity index (χ4v) is 3.21. The number of halogens is 2. The molecule has 0 radical (unpaired) electrons. The Hall–Kier alpha value is -0.950. The van der Waals surface area contributed by atoms with Gasteiger partial charge in [-0.05, 0) is 19.9 Å². The van der Waals surface area contributed by atoms with Crippen LogP contribution in [0.1, 0.15) is 12.8 Å². The maximum Gasteiger partial charge on any atom is 0.321 e. The van der Waals surface area contributed by atoms with Crippen LogP contribution in [0.4, 0.5) is 13.6 Å². The van der Waals surface area contributed by atoms with Crippen LogP contribution in [0.25, 0.3) is 0 Å². The van der Waals surface area contributed by atoms with Gasteiger partial charge in [0.15, 0.2) is 0 Å². The van der Waals surface area contributed by atoms with Crippen molar-refractivity contribution in [3.8, 4) is 0 Å². The lowest BCUT2D eigenvalue weighted by Crippen LogP contribution is -2.66. The molecule has 2 amide bonds. The van der Waals surface area contributed by atoms with Gasteiger partial charge in [-0.1, -0.05) is 0 Å². The van der Waals surface area contributed by atoms with Crippen LogP contribution < -0.4 is 5.43 Å². The van der Waals surface area contributed by atoms with Crippen molar-refractivity contribution in [1.82, 2.24) is 20.2 Å². The number of amides is 2. The number of hydrazine groups is 1. The largest absolute Gasteiger partial charge is 0.321 e. The zero-order chi connectivity index (χ0) is 12.9. The summed E-state index contributed by atoms with van der Waals surface area (Å²) < 4.78 is 25.6. The number of alkyl halides is 2. The molecule has 1 N–H and O–H groups in total. The van der Waals surface area contributed by atoms with Gasteiger partial charge in [0.25, 0.3) is 5.92 Å². The quantitative estimate of drug-likeness (QED) is 0.739. The highest BCUT2D eigenvalue weighted by molar-refractivity contribution is 5.77. The van der Waals surface area contributed by atoms with Crippen molar-refractivity contribution >= 4 is 6.03 Å². The van der Waals surface area contributed by atoms with E-state index in [0.717, 1.165) is 25.9 Å². The zero-order valence-corrected chi connectivity index (χ0v) is 10.4. The fourth-order valence-electron chi connectivity index (χ4n) is 3.21. The van der Waals surface area contributed by atoms with Crippen LogP contribution in [0.3, 0.4) is 0 Å². The number of carbonyl (C=O) groups is 1. The molecule has 0 aromatic carbocycles. The molecule has 0 spiro atoms. The summed E-state index contributed by atoms with van der Waals surface area (Å²) in [4.78, 5) is 15.3. The summed E-state index contributed by atoms with van der Waals surface area (Å²) in [6, 6.07) is 0.125. The Kier molecular flexibility index (Phi) is 2.71. The molecular formula is C11H18F2N4O. The maximum absolute atomic E-state index is 12.8. The third-order valence-electron chi connectivity index (χ3n) is 4.13. The highest BCUT2D eigenvalue weighted by atomic mass is 19.3. The number of carbonyl (C=O) groups excluding carboxylic acids is 1. The summed E-state index contributed by atoms with van der Waals surface area (Å²) in [5, 5.41) is 2.09. The molecular weight excluding hydrogens is 242 g/mol. The number of likely N-dealkylation sites (tertiary alicyclic amines) is 1. The molecule has 5 nitrogen and oxygen atoms in total. The Morgan fingerprint density at radius 2 is 1.78 bits per heavy atom. The Morgan fingerprint density at radius 1 is 1.22 bits per heavy atom. The number of hydrogen-bond acceptors (Lipinski definition) is 3. The lowest BCUT2D eigenvalue weighted by Gasteiger charge is -2.46. The number of urea groups is 1. The average Bonchev–Trinajstić information content (AvgIpc) is 2.55. The van der Waals surface area contributed by atoms with E-state index < -0.39 is 19.0 Å². The van der Waals surface area contributed by atoms with Gasteiger partial charge in [-0.3, -0.25) is 5.43 Å². The lowest BCUT2D eigenvalue weighted by atomic mass is 10.1. The van der Waals surface area contributed by atoms with Crippen molar-refractivity contribution in [3.63, 3.8) is 0 Å². The highest BCUT2D eigenvalue weighted by Crippen LogP contribution is 2.34. The van der Waals surface area contributed by atoms with Crippen molar-refractivity contribution in [2.24, 2.45) is 0 Å². The second-order valence-corrected chi connectivity index (χ2v) is 5.42. The predicted octanol–water partition coefficient (Wildman–Crippen LogP) is 0.340. The van der Waals surface area contributed by atoms with Gasteiger partial charge in [0.1, 0.15) is 0 Å². The average molecular weight is 260 g/mol. The molecule has 102 valence electrons. The Balaban J connectivity index is 1.66. The predicted molar refractivity (Wildman–Crippen MR) is 61.2 cm³/mol. The van der Waals surface area contributed by atoms with E-state index in [1.54, 1.807) is 0 Å². The van der Waals surface area contributed by atoms with E-state index in [-0.39, 0.29) is 18.1 Å². The summed E-state index contributed by atoms with van der Waals surface area (Å²) in [5.41, 5.74) is 3.10. The fraction of sp³-hybridized carbons (Fsp3) is 0.909. The Morgan fingerprint density at radius 3 is 2.22 bits per heavy atom. The number of hydrogen-bond donors (Lipinski definition) is 1. The van der Waals surface area contributed by atoms with Crippen LogP contribution in [0.15, 0.2) is 0 Å². The molecule has 3 saturated heterocycles. The first-order chi connectivity index (χ1) is 8.50. The molecule has 7 heteroatoms. The van der Waals surface area contributed by atoms with Gasteiger partial charge < -0.3 is 9.80 Å². The summed E-state index contributed by atoms with van der Waals surface area (Å²) >= 11 is 0. The summed E-state index contributed by atoms with van der Waals surface area (Å²) in [6.45, 7) is 0.723. The molecule has 0 aromatic heterocycles. The monoisotopic (exact) mass is 260 g/mol. The Labute approximate surface area is 105 Å². The summed E-state index contributed by atoms with van der Waals surface area (Å²) in [5.74, 6) is -2.68. The molecule has 2 bridgehead atoms. The van der Waals surface area contributed by atoms with Crippen LogP contribution in [0, 0.1) is 0 Å². The highest BCUT2D eigenvalue weighted by Gasteiger charge is 2.51. The van der Waals surface area contributed by atoms with Crippen molar-refractivity contribution in [1.29, 1.82) is 0 Å². The molecule has 2 unspecified atom stereocenters. The number of rotatable bonds is 1. The van der Waals surface area contributed by atoms with E-state index in [1.165, 1.54) is 4.90 Å². The van der Waals surface area contributed by atoms with Gasteiger partial charge in [-0.15, -0.1) is 0 Å². The standard InChI is InChI=1S/C11H18F2N4O/c1-14-16-4-8-2-3-9(5-16)17(8)10(18)15-6-11(12,13)7-15/h8-9,14H,2-7H2,1H3. The molecule has 3 fully saturated rings. The van der Waals surface area contributed by atoms with Crippen molar-refractivity contribution < 1.29 is 13.6 Å². The van der Waals surface area contributed by atoms with E-state index in [0.29, 0.717) is 0 Å². The Bertz CT molecular complexity index is 343. The van der Waals surface area contributed by atoms with Crippen molar-refractivity contribution in [2.45, 2.75) is 30.8 Å². The molecule has 3 aliphatic heterocycles. The minimum Gasteiger partial charge on any atom is -0.316 e. The maximum atomic E-state index is 12.8. The van der Waals surface area contributed by atoms with Gasteiger partial charge in [-0.25, -0.2) is 18.6 Å². The molecule has 0 saturated carbocycles. The molecule has 3 aliphatic rings. The van der Waals surface area contributed by atoms with Gasteiger partial charge in [0.2, 0.25) is 0 Å². The number of nitrogens with one attached hydrogen (secondary N) is 1. The SMILES string of the molecule is CNN1CC2CCC(C1)N2C(=O)N1CC(F)(F)C1. The zero-order valence-electron chi connectivity index (χ0n) is 10.4. The second-order valence-electron chi connectivity index (χ2n) is 5.42. The first-order valence-electron chi connectivity index (χ1n) is 6.37. The molecule has 0 aliphatic carbocycles. The van der Waals surface area contributed by atoms with E-state index in [9.17, 15) is 13.6 Å². The topological polar surface area (TPSA) is 38.8 Å². The summed E-state index contributed by atoms with van der Waals surface area (Å²) in [6.07, 6.45) is 1.94. The molecule has 3 rings (SSSR count). The van der Waals surface area contributed by atoms with E-state index in [2.05, 4.69) is 10.4 Å². The first-order valence-corrected chi connectivity index (χ1v) is 6.37. The van der Waals surface area contributed by atoms with Gasteiger partial charge in [0.05, 0.1) is 13.1 Å². The number of fused-ring (bicyclic) bond motifs is 2. The molecule has 0 aromatic rings. The smallest absolute Gasteiger partial charge is 0.316 e. The third kappa shape index (κ3) is 1.85.